The molecule has 0 fully saturated rings. The van der Waals surface area contributed by atoms with Gasteiger partial charge >= 0.3 is 0 Å². The number of benzene rings is 2. The first-order valence-electron chi connectivity index (χ1n) is 4.99. The molecule has 0 aliphatic rings. The highest BCUT2D eigenvalue weighted by Gasteiger charge is 2.08. The highest BCUT2D eigenvalue weighted by Crippen LogP contribution is 2.34. The summed E-state index contributed by atoms with van der Waals surface area (Å²) in [7, 11) is 0. The van der Waals surface area contributed by atoms with E-state index in [0.717, 1.165) is 11.1 Å². The molecule has 0 bridgehead atoms. The van der Waals surface area contributed by atoms with Crippen LogP contribution >= 0.6 is 11.6 Å². The van der Waals surface area contributed by atoms with Gasteiger partial charge in [0.1, 0.15) is 5.75 Å². The van der Waals surface area contributed by atoms with Crippen LogP contribution in [-0.2, 0) is 6.54 Å². The Morgan fingerprint density at radius 1 is 1.06 bits per heavy atom. The third-order valence-corrected chi connectivity index (χ3v) is 2.79. The van der Waals surface area contributed by atoms with E-state index in [1.165, 1.54) is 0 Å². The van der Waals surface area contributed by atoms with Crippen LogP contribution in [0.5, 0.6) is 5.75 Å². The highest BCUT2D eigenvalue weighted by molar-refractivity contribution is 6.33. The van der Waals surface area contributed by atoms with Crippen molar-refractivity contribution in [1.82, 2.24) is 0 Å². The van der Waals surface area contributed by atoms with Crippen LogP contribution in [0, 0.1) is 0 Å². The summed E-state index contributed by atoms with van der Waals surface area (Å²) in [5.41, 5.74) is 8.07. The molecule has 0 amide bonds. The standard InChI is InChI=1S/C13H12ClNO/c14-12-4-2-1-3-10(12)11-7-9(8-15)5-6-13(11)16/h1-7,16H,8,15H2. The van der Waals surface area contributed by atoms with Crippen LogP contribution in [-0.4, -0.2) is 5.11 Å². The lowest BCUT2D eigenvalue weighted by molar-refractivity contribution is 0.477. The maximum Gasteiger partial charge on any atom is 0.123 e. The Morgan fingerprint density at radius 2 is 1.81 bits per heavy atom. The van der Waals surface area contributed by atoms with E-state index >= 15 is 0 Å². The summed E-state index contributed by atoms with van der Waals surface area (Å²) in [5.74, 6) is 0.213. The van der Waals surface area contributed by atoms with Crippen LogP contribution < -0.4 is 5.73 Å². The van der Waals surface area contributed by atoms with E-state index in [1.807, 2.05) is 24.3 Å². The van der Waals surface area contributed by atoms with Crippen LogP contribution in [0.25, 0.3) is 11.1 Å². The summed E-state index contributed by atoms with van der Waals surface area (Å²) in [6.45, 7) is 0.442. The fourth-order valence-electron chi connectivity index (χ4n) is 1.61. The van der Waals surface area contributed by atoms with Crippen molar-refractivity contribution in [2.75, 3.05) is 0 Å². The van der Waals surface area contributed by atoms with E-state index < -0.39 is 0 Å². The van der Waals surface area contributed by atoms with Gasteiger partial charge < -0.3 is 10.8 Å². The summed E-state index contributed by atoms with van der Waals surface area (Å²) in [5, 5.41) is 10.4. The molecule has 82 valence electrons. The molecule has 0 saturated carbocycles. The monoisotopic (exact) mass is 233 g/mol. The number of hydrogen-bond acceptors (Lipinski definition) is 2. The van der Waals surface area contributed by atoms with Gasteiger partial charge in [0.2, 0.25) is 0 Å². The Balaban J connectivity index is 2.59. The van der Waals surface area contributed by atoms with Crippen molar-refractivity contribution in [3.8, 4) is 16.9 Å². The van der Waals surface area contributed by atoms with Crippen molar-refractivity contribution in [2.45, 2.75) is 6.54 Å². The molecule has 3 N–H and O–H groups in total. The first-order valence-corrected chi connectivity index (χ1v) is 5.37. The fraction of sp³-hybridized carbons (Fsp3) is 0.0769. The summed E-state index contributed by atoms with van der Waals surface area (Å²) in [6.07, 6.45) is 0. The van der Waals surface area contributed by atoms with Gasteiger partial charge in [0.05, 0.1) is 0 Å². The van der Waals surface area contributed by atoms with Crippen LogP contribution in [0.2, 0.25) is 5.02 Å². The summed E-state index contributed by atoms with van der Waals surface area (Å²) < 4.78 is 0. The minimum Gasteiger partial charge on any atom is -0.507 e. The predicted molar refractivity (Wildman–Crippen MR) is 66.4 cm³/mol. The Kier molecular flexibility index (Phi) is 3.13. The molecule has 0 aromatic heterocycles. The molecule has 0 atom stereocenters. The molecule has 0 saturated heterocycles. The maximum atomic E-state index is 9.81. The molecule has 0 heterocycles. The topological polar surface area (TPSA) is 46.2 Å². The Labute approximate surface area is 99.3 Å². The van der Waals surface area contributed by atoms with Crippen molar-refractivity contribution < 1.29 is 5.11 Å². The van der Waals surface area contributed by atoms with Gasteiger partial charge in [0.15, 0.2) is 0 Å². The van der Waals surface area contributed by atoms with Gasteiger partial charge in [-0.25, -0.2) is 0 Å². The summed E-state index contributed by atoms with van der Waals surface area (Å²) in [4.78, 5) is 0. The maximum absolute atomic E-state index is 9.81. The van der Waals surface area contributed by atoms with Crippen LogP contribution in [0.15, 0.2) is 42.5 Å². The van der Waals surface area contributed by atoms with Gasteiger partial charge in [-0.2, -0.15) is 0 Å². The molecule has 2 aromatic carbocycles. The fourth-order valence-corrected chi connectivity index (χ4v) is 1.84. The number of halogens is 1. The van der Waals surface area contributed by atoms with Gasteiger partial charge in [-0.3, -0.25) is 0 Å². The van der Waals surface area contributed by atoms with Crippen molar-refractivity contribution in [1.29, 1.82) is 0 Å². The lowest BCUT2D eigenvalue weighted by atomic mass is 10.0. The number of aromatic hydroxyl groups is 1. The zero-order valence-corrected chi connectivity index (χ0v) is 9.41. The van der Waals surface area contributed by atoms with Gasteiger partial charge in [0.25, 0.3) is 0 Å². The molecule has 0 spiro atoms. The van der Waals surface area contributed by atoms with Gasteiger partial charge in [-0.15, -0.1) is 0 Å². The smallest absolute Gasteiger partial charge is 0.123 e. The zero-order valence-electron chi connectivity index (χ0n) is 8.65. The second-order valence-corrected chi connectivity index (χ2v) is 3.94. The Hall–Kier alpha value is -1.51. The van der Waals surface area contributed by atoms with E-state index in [2.05, 4.69) is 0 Å². The van der Waals surface area contributed by atoms with E-state index in [9.17, 15) is 5.11 Å². The first kappa shape index (κ1) is 11.0. The molecule has 0 aliphatic heterocycles. The molecule has 0 aliphatic carbocycles. The SMILES string of the molecule is NCc1ccc(O)c(-c2ccccc2Cl)c1. The molecule has 3 heteroatoms. The van der Waals surface area contributed by atoms with E-state index in [-0.39, 0.29) is 5.75 Å². The van der Waals surface area contributed by atoms with Crippen LogP contribution in [0.4, 0.5) is 0 Å². The van der Waals surface area contributed by atoms with Gasteiger partial charge in [0, 0.05) is 22.7 Å². The second kappa shape index (κ2) is 4.56. The third-order valence-electron chi connectivity index (χ3n) is 2.46. The normalized spacial score (nSPS) is 10.4. The highest BCUT2D eigenvalue weighted by atomic mass is 35.5. The Bertz CT molecular complexity index is 511. The summed E-state index contributed by atoms with van der Waals surface area (Å²) in [6, 6.07) is 12.7. The number of hydrogen-bond donors (Lipinski definition) is 2. The van der Waals surface area contributed by atoms with Crippen LogP contribution in [0.3, 0.4) is 0 Å². The van der Waals surface area contributed by atoms with E-state index in [1.54, 1.807) is 18.2 Å². The van der Waals surface area contributed by atoms with E-state index in [0.29, 0.717) is 17.1 Å². The van der Waals surface area contributed by atoms with E-state index in [4.69, 9.17) is 17.3 Å². The van der Waals surface area contributed by atoms with Gasteiger partial charge in [-0.1, -0.05) is 35.9 Å². The largest absolute Gasteiger partial charge is 0.507 e. The minimum atomic E-state index is 0.213. The minimum absolute atomic E-state index is 0.213. The van der Waals surface area contributed by atoms with Crippen LogP contribution in [0.1, 0.15) is 5.56 Å². The van der Waals surface area contributed by atoms with Crippen molar-refractivity contribution in [3.05, 3.63) is 53.1 Å². The molecular weight excluding hydrogens is 222 g/mol. The number of phenols is 1. The number of phenolic OH excluding ortho intramolecular Hbond substituents is 1. The lowest BCUT2D eigenvalue weighted by Crippen LogP contribution is -1.96. The number of nitrogens with two attached hydrogens (primary N) is 1. The molecule has 2 aromatic rings. The van der Waals surface area contributed by atoms with Crippen molar-refractivity contribution in [3.63, 3.8) is 0 Å². The molecule has 0 radical (unpaired) electrons. The third kappa shape index (κ3) is 2.03. The van der Waals surface area contributed by atoms with Crippen molar-refractivity contribution >= 4 is 11.6 Å². The van der Waals surface area contributed by atoms with Crippen molar-refractivity contribution in [2.24, 2.45) is 5.73 Å². The number of rotatable bonds is 2. The molecule has 2 nitrogen and oxygen atoms in total. The predicted octanol–water partition coefficient (Wildman–Crippen LogP) is 3.17. The summed E-state index contributed by atoms with van der Waals surface area (Å²) >= 11 is 6.08. The zero-order chi connectivity index (χ0) is 11.5. The van der Waals surface area contributed by atoms with Gasteiger partial charge in [-0.05, 0) is 23.8 Å². The quantitative estimate of drug-likeness (QED) is 0.837. The average Bonchev–Trinajstić information content (AvgIpc) is 2.31. The first-order chi connectivity index (χ1) is 7.72. The molecule has 0 unspecified atom stereocenters. The molecule has 16 heavy (non-hydrogen) atoms. The lowest BCUT2D eigenvalue weighted by Gasteiger charge is -2.08. The second-order valence-electron chi connectivity index (χ2n) is 3.54. The molecule has 2 rings (SSSR count). The average molecular weight is 234 g/mol. The Morgan fingerprint density at radius 3 is 2.50 bits per heavy atom. The molecular formula is C13H12ClNO.